The summed E-state index contributed by atoms with van der Waals surface area (Å²) in [6.07, 6.45) is 2.83. The van der Waals surface area contributed by atoms with Crippen LogP contribution in [-0.2, 0) is 0 Å². The number of rotatable bonds is 1. The predicted molar refractivity (Wildman–Crippen MR) is 73.1 cm³/mol. The van der Waals surface area contributed by atoms with Crippen LogP contribution in [0.2, 0.25) is 0 Å². The number of piperazine rings is 1. The lowest BCUT2D eigenvalue weighted by Gasteiger charge is -2.42. The Labute approximate surface area is 113 Å². The minimum atomic E-state index is -0.0584. The van der Waals surface area contributed by atoms with Crippen LogP contribution in [0.25, 0.3) is 0 Å². The fraction of sp³-hybridized carbons (Fsp3) is 0.571. The van der Waals surface area contributed by atoms with Crippen LogP contribution in [0.5, 0.6) is 5.75 Å². The number of nitrogens with zero attached hydrogens (tertiary/aromatic N) is 3. The SMILES string of the molecule is CC(C)(C)N1CCN(C(=O)c2cncc(O)c2)CC1. The molecule has 0 spiro atoms. The van der Waals surface area contributed by atoms with Crippen LogP contribution < -0.4 is 0 Å². The monoisotopic (exact) mass is 263 g/mol. The Bertz CT molecular complexity index is 460. The molecule has 0 aliphatic carbocycles. The molecule has 104 valence electrons. The molecule has 0 unspecified atom stereocenters. The number of aromatic hydroxyl groups is 1. The summed E-state index contributed by atoms with van der Waals surface area (Å²) in [4.78, 5) is 20.3. The molecule has 0 atom stereocenters. The van der Waals surface area contributed by atoms with Gasteiger partial charge in [-0.15, -0.1) is 0 Å². The van der Waals surface area contributed by atoms with E-state index in [4.69, 9.17) is 0 Å². The van der Waals surface area contributed by atoms with Gasteiger partial charge in [0.1, 0.15) is 5.75 Å². The largest absolute Gasteiger partial charge is 0.506 e. The van der Waals surface area contributed by atoms with Crippen molar-refractivity contribution in [3.63, 3.8) is 0 Å². The van der Waals surface area contributed by atoms with Crippen molar-refractivity contribution >= 4 is 5.91 Å². The van der Waals surface area contributed by atoms with Crippen molar-refractivity contribution in [2.45, 2.75) is 26.3 Å². The molecule has 2 rings (SSSR count). The second-order valence-corrected chi connectivity index (χ2v) is 5.88. The van der Waals surface area contributed by atoms with Crippen LogP contribution in [-0.4, -0.2) is 57.5 Å². The zero-order valence-electron chi connectivity index (χ0n) is 11.8. The van der Waals surface area contributed by atoms with Crippen molar-refractivity contribution in [1.82, 2.24) is 14.8 Å². The van der Waals surface area contributed by atoms with Crippen molar-refractivity contribution in [2.75, 3.05) is 26.2 Å². The normalized spacial score (nSPS) is 17.5. The smallest absolute Gasteiger partial charge is 0.255 e. The highest BCUT2D eigenvalue weighted by Crippen LogP contribution is 2.17. The number of aromatic nitrogens is 1. The van der Waals surface area contributed by atoms with Crippen molar-refractivity contribution in [3.8, 4) is 5.75 Å². The Hall–Kier alpha value is -1.62. The maximum atomic E-state index is 12.3. The maximum absolute atomic E-state index is 12.3. The minimum absolute atomic E-state index is 0.0270. The van der Waals surface area contributed by atoms with Crippen LogP contribution in [0.4, 0.5) is 0 Å². The van der Waals surface area contributed by atoms with E-state index in [0.717, 1.165) is 13.1 Å². The van der Waals surface area contributed by atoms with Gasteiger partial charge in [0.2, 0.25) is 0 Å². The van der Waals surface area contributed by atoms with Crippen LogP contribution in [0.15, 0.2) is 18.5 Å². The Kier molecular flexibility index (Phi) is 3.75. The molecule has 1 aliphatic rings. The van der Waals surface area contributed by atoms with Gasteiger partial charge in [0.15, 0.2) is 0 Å². The number of amides is 1. The Morgan fingerprint density at radius 1 is 1.21 bits per heavy atom. The molecule has 1 amide bonds. The van der Waals surface area contributed by atoms with Gasteiger partial charge in [0.05, 0.1) is 11.8 Å². The van der Waals surface area contributed by atoms with Gasteiger partial charge in [-0.25, -0.2) is 0 Å². The maximum Gasteiger partial charge on any atom is 0.255 e. The molecule has 0 aromatic carbocycles. The van der Waals surface area contributed by atoms with Gasteiger partial charge in [-0.3, -0.25) is 14.7 Å². The molecule has 2 heterocycles. The molecular weight excluding hydrogens is 242 g/mol. The highest BCUT2D eigenvalue weighted by molar-refractivity contribution is 5.94. The predicted octanol–water partition coefficient (Wildman–Crippen LogP) is 1.34. The lowest BCUT2D eigenvalue weighted by molar-refractivity contribution is 0.0450. The molecule has 1 aromatic rings. The summed E-state index contributed by atoms with van der Waals surface area (Å²) in [5.74, 6) is -0.0314. The van der Waals surface area contributed by atoms with Crippen LogP contribution in [0.3, 0.4) is 0 Å². The first-order valence-corrected chi connectivity index (χ1v) is 6.56. The molecule has 5 heteroatoms. The van der Waals surface area contributed by atoms with Crippen molar-refractivity contribution in [1.29, 1.82) is 0 Å². The molecule has 1 saturated heterocycles. The second-order valence-electron chi connectivity index (χ2n) is 5.88. The molecule has 1 fully saturated rings. The molecular formula is C14H21N3O2. The van der Waals surface area contributed by atoms with Gasteiger partial charge in [-0.2, -0.15) is 0 Å². The molecule has 0 bridgehead atoms. The van der Waals surface area contributed by atoms with E-state index < -0.39 is 0 Å². The van der Waals surface area contributed by atoms with E-state index in [1.807, 2.05) is 4.90 Å². The number of hydrogen-bond acceptors (Lipinski definition) is 4. The number of carbonyl (C=O) groups is 1. The second kappa shape index (κ2) is 5.17. The third-order valence-corrected chi connectivity index (χ3v) is 3.49. The number of pyridine rings is 1. The van der Waals surface area contributed by atoms with Crippen LogP contribution in [0, 0.1) is 0 Å². The molecule has 19 heavy (non-hydrogen) atoms. The average Bonchev–Trinajstić information content (AvgIpc) is 2.37. The van der Waals surface area contributed by atoms with E-state index in [9.17, 15) is 9.90 Å². The molecule has 1 aromatic heterocycles. The van der Waals surface area contributed by atoms with Crippen molar-refractivity contribution in [2.24, 2.45) is 0 Å². The summed E-state index contributed by atoms with van der Waals surface area (Å²) in [6, 6.07) is 1.46. The first-order chi connectivity index (χ1) is 8.88. The van der Waals surface area contributed by atoms with Gasteiger partial charge < -0.3 is 10.0 Å². The van der Waals surface area contributed by atoms with Gasteiger partial charge >= 0.3 is 0 Å². The first kappa shape index (κ1) is 13.8. The van der Waals surface area contributed by atoms with Crippen molar-refractivity contribution < 1.29 is 9.90 Å². The Morgan fingerprint density at radius 3 is 2.37 bits per heavy atom. The number of carbonyl (C=O) groups excluding carboxylic acids is 1. The standard InChI is InChI=1S/C14H21N3O2/c1-14(2,3)17-6-4-16(5-7-17)13(19)11-8-12(18)10-15-9-11/h8-10,18H,4-7H2,1-3H3. The lowest BCUT2D eigenvalue weighted by atomic mass is 10.0. The summed E-state index contributed by atoms with van der Waals surface area (Å²) in [6.45, 7) is 9.73. The van der Waals surface area contributed by atoms with E-state index in [1.165, 1.54) is 18.5 Å². The highest BCUT2D eigenvalue weighted by Gasteiger charge is 2.28. The molecule has 1 N–H and O–H groups in total. The molecule has 0 saturated carbocycles. The third kappa shape index (κ3) is 3.23. The minimum Gasteiger partial charge on any atom is -0.506 e. The Morgan fingerprint density at radius 2 is 1.84 bits per heavy atom. The quantitative estimate of drug-likeness (QED) is 0.831. The summed E-state index contributed by atoms with van der Waals surface area (Å²) in [7, 11) is 0. The highest BCUT2D eigenvalue weighted by atomic mass is 16.3. The van der Waals surface area contributed by atoms with E-state index in [0.29, 0.717) is 18.7 Å². The fourth-order valence-electron chi connectivity index (χ4n) is 2.31. The van der Waals surface area contributed by atoms with Crippen molar-refractivity contribution in [3.05, 3.63) is 24.0 Å². The van der Waals surface area contributed by atoms with E-state index in [1.54, 1.807) is 0 Å². The van der Waals surface area contributed by atoms with E-state index in [-0.39, 0.29) is 17.2 Å². The van der Waals surface area contributed by atoms with Crippen LogP contribution in [0.1, 0.15) is 31.1 Å². The third-order valence-electron chi connectivity index (χ3n) is 3.49. The fourth-order valence-corrected chi connectivity index (χ4v) is 2.31. The Balaban J connectivity index is 2.00. The molecule has 1 aliphatic heterocycles. The first-order valence-electron chi connectivity index (χ1n) is 6.56. The molecule has 5 nitrogen and oxygen atoms in total. The number of hydrogen-bond donors (Lipinski definition) is 1. The van der Waals surface area contributed by atoms with E-state index in [2.05, 4.69) is 30.7 Å². The summed E-state index contributed by atoms with van der Waals surface area (Å²) >= 11 is 0. The molecule has 0 radical (unpaired) electrons. The van der Waals surface area contributed by atoms with Gasteiger partial charge in [-0.05, 0) is 26.8 Å². The zero-order valence-corrected chi connectivity index (χ0v) is 11.8. The lowest BCUT2D eigenvalue weighted by Crippen LogP contribution is -2.54. The summed E-state index contributed by atoms with van der Waals surface area (Å²) < 4.78 is 0. The zero-order chi connectivity index (χ0) is 14.0. The van der Waals surface area contributed by atoms with Gasteiger partial charge in [-0.1, -0.05) is 0 Å². The summed E-state index contributed by atoms with van der Waals surface area (Å²) in [5.41, 5.74) is 0.589. The van der Waals surface area contributed by atoms with Gasteiger partial charge in [0, 0.05) is 37.9 Å². The topological polar surface area (TPSA) is 56.7 Å². The average molecular weight is 263 g/mol. The van der Waals surface area contributed by atoms with Gasteiger partial charge in [0.25, 0.3) is 5.91 Å². The van der Waals surface area contributed by atoms with E-state index >= 15 is 0 Å². The van der Waals surface area contributed by atoms with Crippen LogP contribution >= 0.6 is 0 Å². The summed E-state index contributed by atoms with van der Waals surface area (Å²) in [5, 5.41) is 9.37.